The van der Waals surface area contributed by atoms with E-state index >= 15 is 0 Å². The van der Waals surface area contributed by atoms with Crippen molar-refractivity contribution < 1.29 is 19.1 Å². The number of rotatable bonds is 8. The molecule has 2 aromatic carbocycles. The first-order chi connectivity index (χ1) is 20.0. The largest absolute Gasteiger partial charge is 0.492 e. The Balaban J connectivity index is 1.09. The lowest BCUT2D eigenvalue weighted by atomic mass is 9.85. The molecule has 0 aromatic heterocycles. The van der Waals surface area contributed by atoms with Gasteiger partial charge < -0.3 is 15.0 Å². The van der Waals surface area contributed by atoms with E-state index in [4.69, 9.17) is 4.74 Å². The van der Waals surface area contributed by atoms with Crippen LogP contribution in [0.15, 0.2) is 36.4 Å². The van der Waals surface area contributed by atoms with E-state index in [1.807, 2.05) is 18.2 Å². The van der Waals surface area contributed by atoms with Gasteiger partial charge >= 0.3 is 0 Å². The molecule has 41 heavy (non-hydrogen) atoms. The van der Waals surface area contributed by atoms with Crippen LogP contribution in [0.3, 0.4) is 0 Å². The number of fused-ring (bicyclic) bond motifs is 1. The maximum atomic E-state index is 13.0. The van der Waals surface area contributed by atoms with Gasteiger partial charge in [-0.25, -0.2) is 0 Å². The number of benzene rings is 2. The summed E-state index contributed by atoms with van der Waals surface area (Å²) in [6, 6.07) is 12.5. The highest BCUT2D eigenvalue weighted by Gasteiger charge is 2.39. The lowest BCUT2D eigenvalue weighted by Crippen LogP contribution is -2.52. The highest BCUT2D eigenvalue weighted by molar-refractivity contribution is 6.05. The van der Waals surface area contributed by atoms with Gasteiger partial charge in [-0.2, -0.15) is 0 Å². The van der Waals surface area contributed by atoms with Gasteiger partial charge in [-0.05, 0) is 105 Å². The van der Waals surface area contributed by atoms with Crippen LogP contribution in [0.25, 0.3) is 0 Å². The number of carbonyl (C=O) groups is 3. The Hall–Kier alpha value is -3.23. The van der Waals surface area contributed by atoms with Crippen LogP contribution >= 0.6 is 0 Å². The van der Waals surface area contributed by atoms with E-state index in [1.165, 1.54) is 36.8 Å². The number of likely N-dealkylation sites (tertiary alicyclic amines) is 1. The molecule has 4 heterocycles. The summed E-state index contributed by atoms with van der Waals surface area (Å²) in [5.41, 5.74) is 5.91. The third-order valence-corrected chi connectivity index (χ3v) is 9.44. The minimum absolute atomic E-state index is 0.155. The fourth-order valence-electron chi connectivity index (χ4n) is 7.12. The summed E-state index contributed by atoms with van der Waals surface area (Å²) >= 11 is 0. The van der Waals surface area contributed by atoms with Gasteiger partial charge in [0.1, 0.15) is 18.4 Å². The van der Waals surface area contributed by atoms with E-state index in [9.17, 15) is 14.4 Å². The zero-order valence-corrected chi connectivity index (χ0v) is 24.1. The number of nitrogens with zero attached hydrogens (tertiary/aromatic N) is 2. The molecule has 2 aromatic rings. The second-order valence-corrected chi connectivity index (χ2v) is 12.1. The summed E-state index contributed by atoms with van der Waals surface area (Å²) in [6.45, 7) is 7.48. The molecule has 218 valence electrons. The first kappa shape index (κ1) is 27.9. The summed E-state index contributed by atoms with van der Waals surface area (Å²) < 4.78 is 6.33. The molecule has 0 bridgehead atoms. The number of aryl methyl sites for hydroxylation is 1. The first-order valence-corrected chi connectivity index (χ1v) is 15.5. The third-order valence-electron chi connectivity index (χ3n) is 9.44. The van der Waals surface area contributed by atoms with Crippen molar-refractivity contribution in [1.29, 1.82) is 0 Å². The van der Waals surface area contributed by atoms with E-state index in [0.717, 1.165) is 50.3 Å². The van der Waals surface area contributed by atoms with Crippen molar-refractivity contribution in [2.75, 3.05) is 26.2 Å². The van der Waals surface area contributed by atoms with Crippen molar-refractivity contribution in [3.05, 3.63) is 64.2 Å². The number of nitrogens with one attached hydrogen (secondary N) is 2. The maximum absolute atomic E-state index is 13.0. The summed E-state index contributed by atoms with van der Waals surface area (Å²) in [7, 11) is 0. The quantitative estimate of drug-likeness (QED) is 0.478. The molecule has 2 unspecified atom stereocenters. The molecule has 4 aliphatic heterocycles. The van der Waals surface area contributed by atoms with Gasteiger partial charge in [-0.1, -0.05) is 31.5 Å². The van der Waals surface area contributed by atoms with Crippen LogP contribution in [0.4, 0.5) is 0 Å². The fraction of sp³-hybridized carbons (Fsp3) is 0.545. The second-order valence-electron chi connectivity index (χ2n) is 12.1. The predicted molar refractivity (Wildman–Crippen MR) is 157 cm³/mol. The van der Waals surface area contributed by atoms with Crippen molar-refractivity contribution in [1.82, 2.24) is 20.4 Å². The van der Waals surface area contributed by atoms with Gasteiger partial charge in [0.15, 0.2) is 0 Å². The van der Waals surface area contributed by atoms with Crippen molar-refractivity contribution >= 4 is 17.7 Å². The van der Waals surface area contributed by atoms with Crippen LogP contribution in [0, 0.1) is 0 Å². The molecule has 0 spiro atoms. The Bertz CT molecular complexity index is 1300. The van der Waals surface area contributed by atoms with Crippen LogP contribution in [0.2, 0.25) is 0 Å². The Labute approximate surface area is 242 Å². The average Bonchev–Trinajstić information content (AvgIpc) is 3.32. The molecular formula is C33H42N4O4. The lowest BCUT2D eigenvalue weighted by molar-refractivity contribution is -0.136. The Kier molecular flexibility index (Phi) is 8.40. The van der Waals surface area contributed by atoms with Gasteiger partial charge in [-0.15, -0.1) is 0 Å². The van der Waals surface area contributed by atoms with Crippen LogP contribution < -0.4 is 15.4 Å². The molecule has 4 aliphatic rings. The average molecular weight is 559 g/mol. The molecule has 0 saturated carbocycles. The Morgan fingerprint density at radius 2 is 1.83 bits per heavy atom. The van der Waals surface area contributed by atoms with E-state index in [1.54, 1.807) is 10.5 Å². The predicted octanol–water partition coefficient (Wildman–Crippen LogP) is 3.91. The van der Waals surface area contributed by atoms with Gasteiger partial charge in [0.25, 0.3) is 5.91 Å². The summed E-state index contributed by atoms with van der Waals surface area (Å²) in [4.78, 5) is 41.1. The van der Waals surface area contributed by atoms with Crippen molar-refractivity contribution in [3.8, 4) is 5.75 Å². The zero-order valence-electron chi connectivity index (χ0n) is 24.1. The maximum Gasteiger partial charge on any atom is 0.255 e. The number of ether oxygens (including phenoxy) is 1. The van der Waals surface area contributed by atoms with E-state index in [-0.39, 0.29) is 24.1 Å². The first-order valence-electron chi connectivity index (χ1n) is 15.5. The van der Waals surface area contributed by atoms with Crippen LogP contribution in [-0.2, 0) is 29.1 Å². The van der Waals surface area contributed by atoms with Gasteiger partial charge in [-0.3, -0.25) is 24.6 Å². The smallest absolute Gasteiger partial charge is 0.255 e. The van der Waals surface area contributed by atoms with Crippen molar-refractivity contribution in [2.45, 2.75) is 89.4 Å². The minimum atomic E-state index is -0.602. The monoisotopic (exact) mass is 558 g/mol. The molecule has 8 nitrogen and oxygen atoms in total. The van der Waals surface area contributed by atoms with E-state index in [0.29, 0.717) is 37.1 Å². The molecule has 0 aliphatic carbocycles. The van der Waals surface area contributed by atoms with Gasteiger partial charge in [0.2, 0.25) is 11.8 Å². The molecular weight excluding hydrogens is 516 g/mol. The summed E-state index contributed by atoms with van der Waals surface area (Å²) in [5, 5.41) is 5.85. The molecule has 2 N–H and O–H groups in total. The van der Waals surface area contributed by atoms with Gasteiger partial charge in [0.05, 0.1) is 0 Å². The van der Waals surface area contributed by atoms with Gasteiger partial charge in [0, 0.05) is 31.1 Å². The molecule has 2 atom stereocenters. The molecule has 0 radical (unpaired) electrons. The fourth-order valence-corrected chi connectivity index (χ4v) is 7.12. The van der Waals surface area contributed by atoms with Crippen molar-refractivity contribution in [2.24, 2.45) is 0 Å². The van der Waals surface area contributed by atoms with E-state index in [2.05, 4.69) is 40.7 Å². The topological polar surface area (TPSA) is 91.0 Å². The molecule has 3 saturated heterocycles. The zero-order chi connectivity index (χ0) is 28.3. The number of hydrogen-bond acceptors (Lipinski definition) is 6. The standard InChI is InChI=1S/C33H42N4O4/c1-2-23-17-22(6-8-28(23)24-12-14-34-15-13-24)19-36-16-4-3-5-26(36)21-41-27-7-9-29-25(18-27)20-37(33(29)40)30-10-11-31(38)35-32(30)39/h6-9,17-18,24,26,30,34H,2-5,10-16,19-21H2,1H3,(H,35,38,39). The highest BCUT2D eigenvalue weighted by Crippen LogP contribution is 2.32. The van der Waals surface area contributed by atoms with E-state index < -0.39 is 6.04 Å². The number of imide groups is 1. The Morgan fingerprint density at radius 3 is 2.63 bits per heavy atom. The Morgan fingerprint density at radius 1 is 0.976 bits per heavy atom. The van der Waals surface area contributed by atoms with Crippen molar-refractivity contribution in [3.63, 3.8) is 0 Å². The molecule has 8 heteroatoms. The molecule has 6 rings (SSSR count). The number of amides is 3. The minimum Gasteiger partial charge on any atom is -0.492 e. The second kappa shape index (κ2) is 12.3. The van der Waals surface area contributed by atoms with Crippen LogP contribution in [0.5, 0.6) is 5.75 Å². The normalized spacial score (nSPS) is 23.9. The molecule has 3 fully saturated rings. The van der Waals surface area contributed by atoms with Crippen LogP contribution in [0.1, 0.15) is 90.4 Å². The summed E-state index contributed by atoms with van der Waals surface area (Å²) in [5.74, 6) is 0.616. The third kappa shape index (κ3) is 6.04. The van der Waals surface area contributed by atoms with Crippen LogP contribution in [-0.4, -0.2) is 65.8 Å². The number of hydrogen-bond donors (Lipinski definition) is 2. The lowest BCUT2D eigenvalue weighted by Gasteiger charge is -2.36. The number of carbonyl (C=O) groups excluding carboxylic acids is 3. The highest BCUT2D eigenvalue weighted by atomic mass is 16.5. The number of piperidine rings is 3. The SMILES string of the molecule is CCc1cc(CN2CCCCC2COc2ccc3c(c2)CN(C2CCC(=O)NC2=O)C3=O)ccc1C1CCNCC1. The molecule has 3 amide bonds. The summed E-state index contributed by atoms with van der Waals surface area (Å²) in [6.07, 6.45) is 7.67.